The summed E-state index contributed by atoms with van der Waals surface area (Å²) in [4.78, 5) is 10.7. The van der Waals surface area contributed by atoms with Crippen LogP contribution in [0.5, 0.6) is 0 Å². The predicted octanol–water partition coefficient (Wildman–Crippen LogP) is 3.77. The quantitative estimate of drug-likeness (QED) is 0.746. The van der Waals surface area contributed by atoms with E-state index in [-0.39, 0.29) is 30.0 Å². The van der Waals surface area contributed by atoms with Crippen LogP contribution in [0.25, 0.3) is 0 Å². The zero-order valence-electron chi connectivity index (χ0n) is 14.6. The standard InChI is InChI=1S/C18H16F4N2O3S/c1-10(12-4-2-3-5-13(12)18(20,21)22)24-28(26,27)16-8-11-6-7-17(25)23-15(11)9-14(16)19/h2-5,8-10,24H,6-7H2,1H3,(H,23,25). The highest BCUT2D eigenvalue weighted by molar-refractivity contribution is 7.89. The van der Waals surface area contributed by atoms with Crippen LogP contribution in [0.3, 0.4) is 0 Å². The molecule has 1 aliphatic heterocycles. The van der Waals surface area contributed by atoms with Gasteiger partial charge in [0.2, 0.25) is 15.9 Å². The summed E-state index contributed by atoms with van der Waals surface area (Å²) in [6.07, 6.45) is -4.30. The minimum atomic E-state index is -4.66. The molecule has 0 bridgehead atoms. The van der Waals surface area contributed by atoms with Crippen molar-refractivity contribution in [2.24, 2.45) is 0 Å². The summed E-state index contributed by atoms with van der Waals surface area (Å²) in [6.45, 7) is 1.25. The predicted molar refractivity (Wildman–Crippen MR) is 93.5 cm³/mol. The summed E-state index contributed by atoms with van der Waals surface area (Å²) in [7, 11) is -4.45. The molecule has 2 aromatic carbocycles. The molecule has 150 valence electrons. The maximum absolute atomic E-state index is 14.4. The molecule has 0 saturated heterocycles. The molecule has 5 nitrogen and oxygen atoms in total. The van der Waals surface area contributed by atoms with Gasteiger partial charge in [-0.2, -0.15) is 13.2 Å². The number of carbonyl (C=O) groups is 1. The van der Waals surface area contributed by atoms with E-state index in [1.54, 1.807) is 0 Å². The molecule has 0 radical (unpaired) electrons. The first-order chi connectivity index (χ1) is 13.0. The molecule has 1 atom stereocenters. The monoisotopic (exact) mass is 416 g/mol. The van der Waals surface area contributed by atoms with Crippen LogP contribution in [-0.4, -0.2) is 14.3 Å². The summed E-state index contributed by atoms with van der Waals surface area (Å²) in [6, 6.07) is 5.31. The summed E-state index contributed by atoms with van der Waals surface area (Å²) in [5.41, 5.74) is -0.629. The van der Waals surface area contributed by atoms with Gasteiger partial charge in [-0.25, -0.2) is 17.5 Å². The molecule has 0 spiro atoms. The fourth-order valence-electron chi connectivity index (χ4n) is 3.08. The van der Waals surface area contributed by atoms with Gasteiger partial charge in [0, 0.05) is 18.2 Å². The largest absolute Gasteiger partial charge is 0.416 e. The number of amides is 1. The number of benzene rings is 2. The van der Waals surface area contributed by atoms with Crippen LogP contribution >= 0.6 is 0 Å². The molecule has 1 aliphatic rings. The highest BCUT2D eigenvalue weighted by Gasteiger charge is 2.35. The Labute approximate surface area is 158 Å². The Morgan fingerprint density at radius 3 is 2.50 bits per heavy atom. The van der Waals surface area contributed by atoms with Crippen LogP contribution in [-0.2, 0) is 27.4 Å². The van der Waals surface area contributed by atoms with Gasteiger partial charge < -0.3 is 5.32 Å². The number of carbonyl (C=O) groups excluding carboxylic acids is 1. The van der Waals surface area contributed by atoms with Gasteiger partial charge in [-0.3, -0.25) is 4.79 Å². The van der Waals surface area contributed by atoms with Crippen molar-refractivity contribution >= 4 is 21.6 Å². The van der Waals surface area contributed by atoms with Crippen molar-refractivity contribution in [1.29, 1.82) is 0 Å². The second kappa shape index (κ2) is 7.17. The molecule has 0 saturated carbocycles. The number of sulfonamides is 1. The van der Waals surface area contributed by atoms with Crippen LogP contribution < -0.4 is 10.0 Å². The van der Waals surface area contributed by atoms with Crippen LogP contribution in [0.4, 0.5) is 23.2 Å². The number of aryl methyl sites for hydroxylation is 1. The molecule has 2 aromatic rings. The third-order valence-electron chi connectivity index (χ3n) is 4.41. The highest BCUT2D eigenvalue weighted by Crippen LogP contribution is 2.35. The number of hydrogen-bond donors (Lipinski definition) is 2. The third-order valence-corrected chi connectivity index (χ3v) is 5.96. The highest BCUT2D eigenvalue weighted by atomic mass is 32.2. The Bertz CT molecular complexity index is 1040. The Morgan fingerprint density at radius 2 is 1.82 bits per heavy atom. The van der Waals surface area contributed by atoms with E-state index >= 15 is 0 Å². The summed E-state index contributed by atoms with van der Waals surface area (Å²) < 4.78 is 81.3. The van der Waals surface area contributed by atoms with Crippen molar-refractivity contribution in [3.05, 3.63) is 58.9 Å². The first-order valence-corrected chi connectivity index (χ1v) is 9.78. The first-order valence-electron chi connectivity index (χ1n) is 8.30. The van der Waals surface area contributed by atoms with Gasteiger partial charge in [0.15, 0.2) is 0 Å². The summed E-state index contributed by atoms with van der Waals surface area (Å²) in [5, 5.41) is 2.45. The van der Waals surface area contributed by atoms with E-state index in [9.17, 15) is 30.8 Å². The minimum Gasteiger partial charge on any atom is -0.326 e. The lowest BCUT2D eigenvalue weighted by Crippen LogP contribution is -2.29. The summed E-state index contributed by atoms with van der Waals surface area (Å²) in [5.74, 6) is -1.41. The molecule has 0 aliphatic carbocycles. The average molecular weight is 416 g/mol. The lowest BCUT2D eigenvalue weighted by molar-refractivity contribution is -0.138. The Kier molecular flexibility index (Phi) is 5.20. The number of alkyl halides is 3. The van der Waals surface area contributed by atoms with E-state index in [4.69, 9.17) is 0 Å². The number of halogens is 4. The van der Waals surface area contributed by atoms with Crippen molar-refractivity contribution in [2.75, 3.05) is 5.32 Å². The molecular weight excluding hydrogens is 400 g/mol. The van der Waals surface area contributed by atoms with Crippen molar-refractivity contribution in [2.45, 2.75) is 36.9 Å². The summed E-state index contributed by atoms with van der Waals surface area (Å²) >= 11 is 0. The Balaban J connectivity index is 1.94. The minimum absolute atomic E-state index is 0.126. The zero-order chi connectivity index (χ0) is 20.7. The second-order valence-corrected chi connectivity index (χ2v) is 8.10. The smallest absolute Gasteiger partial charge is 0.326 e. The van der Waals surface area contributed by atoms with Crippen LogP contribution in [0.1, 0.15) is 36.1 Å². The molecule has 2 N–H and O–H groups in total. The molecule has 1 heterocycles. The van der Waals surface area contributed by atoms with E-state index < -0.39 is 38.5 Å². The second-order valence-electron chi connectivity index (χ2n) is 6.42. The molecule has 0 fully saturated rings. The average Bonchev–Trinajstić information content (AvgIpc) is 2.59. The zero-order valence-corrected chi connectivity index (χ0v) is 15.4. The molecule has 1 unspecified atom stereocenters. The van der Waals surface area contributed by atoms with E-state index in [0.717, 1.165) is 24.3 Å². The van der Waals surface area contributed by atoms with Gasteiger partial charge >= 0.3 is 6.18 Å². The molecular formula is C18H16F4N2O3S. The topological polar surface area (TPSA) is 75.3 Å². The fraction of sp³-hybridized carbons (Fsp3) is 0.278. The molecule has 3 rings (SSSR count). The first kappa shape index (κ1) is 20.3. The number of hydrogen-bond acceptors (Lipinski definition) is 3. The van der Waals surface area contributed by atoms with Gasteiger partial charge in [-0.15, -0.1) is 0 Å². The van der Waals surface area contributed by atoms with E-state index in [2.05, 4.69) is 10.0 Å². The van der Waals surface area contributed by atoms with Crippen LogP contribution in [0.2, 0.25) is 0 Å². The maximum atomic E-state index is 14.4. The van der Waals surface area contributed by atoms with Crippen LogP contribution in [0, 0.1) is 5.82 Å². The van der Waals surface area contributed by atoms with Crippen molar-refractivity contribution in [1.82, 2.24) is 4.72 Å². The van der Waals surface area contributed by atoms with Crippen LogP contribution in [0.15, 0.2) is 41.3 Å². The fourth-order valence-corrected chi connectivity index (χ4v) is 4.41. The maximum Gasteiger partial charge on any atom is 0.416 e. The SMILES string of the molecule is CC(NS(=O)(=O)c1cc2c(cc1F)NC(=O)CC2)c1ccccc1C(F)(F)F. The van der Waals surface area contributed by atoms with E-state index in [1.807, 2.05) is 0 Å². The van der Waals surface area contributed by atoms with Gasteiger partial charge in [0.05, 0.1) is 5.56 Å². The Morgan fingerprint density at radius 1 is 1.14 bits per heavy atom. The number of rotatable bonds is 4. The van der Waals surface area contributed by atoms with E-state index in [1.165, 1.54) is 19.1 Å². The normalized spacial score (nSPS) is 15.7. The van der Waals surface area contributed by atoms with Crippen molar-refractivity contribution < 1.29 is 30.8 Å². The molecule has 28 heavy (non-hydrogen) atoms. The van der Waals surface area contributed by atoms with E-state index in [0.29, 0.717) is 5.56 Å². The number of anilines is 1. The van der Waals surface area contributed by atoms with Gasteiger partial charge in [-0.1, -0.05) is 18.2 Å². The number of nitrogens with one attached hydrogen (secondary N) is 2. The Hall–Kier alpha value is -2.46. The lowest BCUT2D eigenvalue weighted by atomic mass is 10.0. The van der Waals surface area contributed by atoms with Gasteiger partial charge in [-0.05, 0) is 42.7 Å². The van der Waals surface area contributed by atoms with Gasteiger partial charge in [0.1, 0.15) is 10.7 Å². The van der Waals surface area contributed by atoms with Gasteiger partial charge in [0.25, 0.3) is 0 Å². The molecule has 1 amide bonds. The molecule has 0 aromatic heterocycles. The lowest BCUT2D eigenvalue weighted by Gasteiger charge is -2.21. The van der Waals surface area contributed by atoms with Crippen molar-refractivity contribution in [3.63, 3.8) is 0 Å². The van der Waals surface area contributed by atoms with Crippen molar-refractivity contribution in [3.8, 4) is 0 Å². The third kappa shape index (κ3) is 4.02. The number of fused-ring (bicyclic) bond motifs is 1. The molecule has 10 heteroatoms.